The number of aryl methyl sites for hydroxylation is 1. The number of aromatic nitrogens is 2. The van der Waals surface area contributed by atoms with E-state index in [9.17, 15) is 9.59 Å². The molecule has 0 fully saturated rings. The molecular weight excluding hydrogens is 342 g/mol. The SMILES string of the molecule is COc1ccccc1CNC(=O)C(=O)c1c(C)nn(-c2ccccc2)c1C. The maximum absolute atomic E-state index is 12.7. The lowest BCUT2D eigenvalue weighted by Crippen LogP contribution is -2.31. The Labute approximate surface area is 157 Å². The van der Waals surface area contributed by atoms with Crippen molar-refractivity contribution in [2.45, 2.75) is 20.4 Å². The molecule has 0 unspecified atom stereocenters. The Bertz CT molecular complexity index is 978. The fraction of sp³-hybridized carbons (Fsp3) is 0.190. The summed E-state index contributed by atoms with van der Waals surface area (Å²) in [4.78, 5) is 25.1. The maximum Gasteiger partial charge on any atom is 0.292 e. The van der Waals surface area contributed by atoms with Gasteiger partial charge in [0.1, 0.15) is 5.75 Å². The highest BCUT2D eigenvalue weighted by Crippen LogP contribution is 2.19. The Morgan fingerprint density at radius 1 is 1.04 bits per heavy atom. The number of carbonyl (C=O) groups is 2. The van der Waals surface area contributed by atoms with Crippen LogP contribution in [0.1, 0.15) is 27.3 Å². The summed E-state index contributed by atoms with van der Waals surface area (Å²) >= 11 is 0. The van der Waals surface area contributed by atoms with E-state index in [2.05, 4.69) is 10.4 Å². The lowest BCUT2D eigenvalue weighted by Gasteiger charge is -2.09. The van der Waals surface area contributed by atoms with Crippen molar-refractivity contribution in [3.63, 3.8) is 0 Å². The molecule has 1 amide bonds. The van der Waals surface area contributed by atoms with Gasteiger partial charge < -0.3 is 10.1 Å². The van der Waals surface area contributed by atoms with Crippen LogP contribution in [-0.2, 0) is 11.3 Å². The van der Waals surface area contributed by atoms with E-state index in [1.807, 2.05) is 54.6 Å². The monoisotopic (exact) mass is 363 g/mol. The van der Waals surface area contributed by atoms with Crippen LogP contribution >= 0.6 is 0 Å². The number of hydrogen-bond donors (Lipinski definition) is 1. The summed E-state index contributed by atoms with van der Waals surface area (Å²) in [5.74, 6) is -0.601. The van der Waals surface area contributed by atoms with E-state index in [4.69, 9.17) is 4.74 Å². The molecule has 0 aliphatic heterocycles. The molecule has 0 aliphatic carbocycles. The van der Waals surface area contributed by atoms with E-state index in [1.165, 1.54) is 0 Å². The van der Waals surface area contributed by atoms with Crippen LogP contribution in [0, 0.1) is 13.8 Å². The van der Waals surface area contributed by atoms with Crippen molar-refractivity contribution in [3.05, 3.63) is 77.1 Å². The van der Waals surface area contributed by atoms with Crippen molar-refractivity contribution >= 4 is 11.7 Å². The Balaban J connectivity index is 1.79. The summed E-state index contributed by atoms with van der Waals surface area (Å²) in [6.07, 6.45) is 0. The van der Waals surface area contributed by atoms with Gasteiger partial charge in [-0.15, -0.1) is 0 Å². The standard InChI is InChI=1S/C21H21N3O3/c1-14-19(15(2)24(23-14)17-10-5-4-6-11-17)20(25)21(26)22-13-16-9-7-8-12-18(16)27-3/h4-12H,13H2,1-3H3,(H,22,26). The number of Topliss-reactive ketones (excluding diaryl/α,β-unsaturated/α-hetero) is 1. The third-order valence-electron chi connectivity index (χ3n) is 4.36. The molecular formula is C21H21N3O3. The number of nitrogens with one attached hydrogen (secondary N) is 1. The number of benzene rings is 2. The van der Waals surface area contributed by atoms with Crippen LogP contribution in [0.5, 0.6) is 5.75 Å². The zero-order valence-corrected chi connectivity index (χ0v) is 15.5. The van der Waals surface area contributed by atoms with E-state index >= 15 is 0 Å². The van der Waals surface area contributed by atoms with Gasteiger partial charge in [0.05, 0.1) is 29.7 Å². The minimum Gasteiger partial charge on any atom is -0.496 e. The van der Waals surface area contributed by atoms with Crippen molar-refractivity contribution in [1.82, 2.24) is 15.1 Å². The van der Waals surface area contributed by atoms with E-state index < -0.39 is 11.7 Å². The van der Waals surface area contributed by atoms with Gasteiger partial charge in [-0.25, -0.2) is 4.68 Å². The van der Waals surface area contributed by atoms with E-state index in [-0.39, 0.29) is 6.54 Å². The van der Waals surface area contributed by atoms with Gasteiger partial charge in [-0.3, -0.25) is 9.59 Å². The van der Waals surface area contributed by atoms with Crippen LogP contribution in [0.3, 0.4) is 0 Å². The smallest absolute Gasteiger partial charge is 0.292 e. The number of amides is 1. The number of hydrogen-bond acceptors (Lipinski definition) is 4. The fourth-order valence-corrected chi connectivity index (χ4v) is 3.01. The number of ketones is 1. The molecule has 1 N–H and O–H groups in total. The molecule has 6 nitrogen and oxygen atoms in total. The van der Waals surface area contributed by atoms with Crippen molar-refractivity contribution in [2.75, 3.05) is 7.11 Å². The lowest BCUT2D eigenvalue weighted by atomic mass is 10.1. The highest BCUT2D eigenvalue weighted by atomic mass is 16.5. The minimum absolute atomic E-state index is 0.208. The molecule has 0 saturated carbocycles. The average Bonchev–Trinajstić information content (AvgIpc) is 3.00. The van der Waals surface area contributed by atoms with Gasteiger partial charge in [-0.2, -0.15) is 5.10 Å². The highest BCUT2D eigenvalue weighted by molar-refractivity contribution is 6.43. The van der Waals surface area contributed by atoms with Crippen molar-refractivity contribution in [2.24, 2.45) is 0 Å². The van der Waals surface area contributed by atoms with Gasteiger partial charge in [0.25, 0.3) is 11.7 Å². The summed E-state index contributed by atoms with van der Waals surface area (Å²) in [6.45, 7) is 3.72. The molecule has 0 saturated heterocycles. The molecule has 138 valence electrons. The van der Waals surface area contributed by atoms with Crippen molar-refractivity contribution in [3.8, 4) is 11.4 Å². The molecule has 1 heterocycles. The number of nitrogens with zero attached hydrogens (tertiary/aromatic N) is 2. The topological polar surface area (TPSA) is 73.2 Å². The Morgan fingerprint density at radius 3 is 2.41 bits per heavy atom. The minimum atomic E-state index is -0.667. The summed E-state index contributed by atoms with van der Waals surface area (Å²) in [5, 5.41) is 7.10. The second kappa shape index (κ2) is 7.86. The van der Waals surface area contributed by atoms with Gasteiger partial charge in [0.2, 0.25) is 0 Å². The van der Waals surface area contributed by atoms with Gasteiger partial charge in [-0.1, -0.05) is 36.4 Å². The van der Waals surface area contributed by atoms with Gasteiger partial charge in [0.15, 0.2) is 0 Å². The van der Waals surface area contributed by atoms with E-state index in [0.717, 1.165) is 11.3 Å². The second-order valence-corrected chi connectivity index (χ2v) is 6.12. The number of methoxy groups -OCH3 is 1. The number of rotatable bonds is 6. The zero-order chi connectivity index (χ0) is 19.4. The molecule has 2 aromatic carbocycles. The molecule has 0 atom stereocenters. The zero-order valence-electron chi connectivity index (χ0n) is 15.5. The second-order valence-electron chi connectivity index (χ2n) is 6.12. The van der Waals surface area contributed by atoms with Gasteiger partial charge in [-0.05, 0) is 32.0 Å². The molecule has 6 heteroatoms. The molecule has 0 aliphatic rings. The van der Waals surface area contributed by atoms with Crippen LogP contribution in [0.2, 0.25) is 0 Å². The Morgan fingerprint density at radius 2 is 1.70 bits per heavy atom. The predicted octanol–water partition coefficient (Wildman–Crippen LogP) is 3.00. The Kier molecular flexibility index (Phi) is 5.35. The predicted molar refractivity (Wildman–Crippen MR) is 102 cm³/mol. The van der Waals surface area contributed by atoms with Gasteiger partial charge >= 0.3 is 0 Å². The van der Waals surface area contributed by atoms with Crippen LogP contribution in [0.25, 0.3) is 5.69 Å². The lowest BCUT2D eigenvalue weighted by molar-refractivity contribution is -0.117. The molecule has 3 aromatic rings. The largest absolute Gasteiger partial charge is 0.496 e. The highest BCUT2D eigenvalue weighted by Gasteiger charge is 2.25. The normalized spacial score (nSPS) is 10.5. The van der Waals surface area contributed by atoms with Crippen LogP contribution in [0.4, 0.5) is 0 Å². The maximum atomic E-state index is 12.7. The summed E-state index contributed by atoms with van der Waals surface area (Å²) < 4.78 is 6.94. The van der Waals surface area contributed by atoms with E-state index in [1.54, 1.807) is 25.6 Å². The van der Waals surface area contributed by atoms with Crippen LogP contribution in [0.15, 0.2) is 54.6 Å². The molecule has 3 rings (SSSR count). The van der Waals surface area contributed by atoms with E-state index in [0.29, 0.717) is 22.7 Å². The average molecular weight is 363 g/mol. The van der Waals surface area contributed by atoms with Crippen molar-refractivity contribution in [1.29, 1.82) is 0 Å². The third-order valence-corrected chi connectivity index (χ3v) is 4.36. The number of ether oxygens (including phenoxy) is 1. The Hall–Kier alpha value is -3.41. The molecule has 27 heavy (non-hydrogen) atoms. The molecule has 0 radical (unpaired) electrons. The fourth-order valence-electron chi connectivity index (χ4n) is 3.01. The molecule has 1 aromatic heterocycles. The van der Waals surface area contributed by atoms with Crippen LogP contribution < -0.4 is 10.1 Å². The number of para-hydroxylation sites is 2. The quantitative estimate of drug-likeness (QED) is 0.540. The molecule has 0 bridgehead atoms. The molecule has 0 spiro atoms. The van der Waals surface area contributed by atoms with Crippen LogP contribution in [-0.4, -0.2) is 28.6 Å². The first-order valence-electron chi connectivity index (χ1n) is 8.59. The number of carbonyl (C=O) groups excluding carboxylic acids is 2. The summed E-state index contributed by atoms with van der Waals surface area (Å²) in [6, 6.07) is 16.8. The van der Waals surface area contributed by atoms with Gasteiger partial charge in [0, 0.05) is 12.1 Å². The first kappa shape index (κ1) is 18.4. The van der Waals surface area contributed by atoms with Crippen molar-refractivity contribution < 1.29 is 14.3 Å². The first-order chi connectivity index (χ1) is 13.0. The first-order valence-corrected chi connectivity index (χ1v) is 8.59. The summed E-state index contributed by atoms with van der Waals surface area (Å²) in [5.41, 5.74) is 3.13. The summed E-state index contributed by atoms with van der Waals surface area (Å²) in [7, 11) is 1.57. The third kappa shape index (κ3) is 3.74.